The molecule has 0 radical (unpaired) electrons. The number of carbonyl (C=O) groups is 1. The van der Waals surface area contributed by atoms with E-state index in [4.69, 9.17) is 4.74 Å². The van der Waals surface area contributed by atoms with Gasteiger partial charge in [-0.2, -0.15) is 4.98 Å². The maximum absolute atomic E-state index is 14.1. The van der Waals surface area contributed by atoms with E-state index < -0.39 is 29.3 Å². The van der Waals surface area contributed by atoms with Gasteiger partial charge in [0.25, 0.3) is 0 Å². The molecule has 1 aromatic heterocycles. The number of nitrogens with one attached hydrogen (secondary N) is 2. The van der Waals surface area contributed by atoms with Crippen molar-refractivity contribution in [2.45, 2.75) is 32.4 Å². The van der Waals surface area contributed by atoms with Crippen LogP contribution >= 0.6 is 0 Å². The lowest BCUT2D eigenvalue weighted by molar-refractivity contribution is 0.0646. The Labute approximate surface area is 190 Å². The van der Waals surface area contributed by atoms with E-state index >= 15 is 0 Å². The molecule has 1 atom stereocenters. The Hall–Kier alpha value is -3.79. The second-order valence-electron chi connectivity index (χ2n) is 7.85. The highest BCUT2D eigenvalue weighted by Crippen LogP contribution is 2.28. The van der Waals surface area contributed by atoms with Gasteiger partial charge in [0.2, 0.25) is 5.95 Å². The Balaban J connectivity index is 1.98. The zero-order valence-electron chi connectivity index (χ0n) is 18.6. The number of benzene rings is 2. The third-order valence-electron chi connectivity index (χ3n) is 4.98. The number of urea groups is 1. The molecule has 0 saturated heterocycles. The summed E-state index contributed by atoms with van der Waals surface area (Å²) in [6.45, 7) is 5.05. The van der Waals surface area contributed by atoms with E-state index in [-0.39, 0.29) is 17.5 Å². The number of ether oxygens (including phenoxy) is 1. The van der Waals surface area contributed by atoms with E-state index in [1.165, 1.54) is 24.3 Å². The Morgan fingerprint density at radius 3 is 2.45 bits per heavy atom. The smallest absolute Gasteiger partial charge is 0.332 e. The standard InChI is InChI=1S/C23H25F2N5O3/c1-14(23(2,3)32)27-21-26-12-11-20(29-21)30(16-6-8-17(33-4)9-7-16)22(31)28-19-10-5-15(24)13-18(19)25/h5-14,32H,1-4H3,(H,28,31)(H,26,27,29). The zero-order chi connectivity index (χ0) is 24.2. The van der Waals surface area contributed by atoms with Gasteiger partial charge in [-0.05, 0) is 57.2 Å². The minimum atomic E-state index is -1.05. The number of nitrogens with zero attached hydrogens (tertiary/aromatic N) is 3. The van der Waals surface area contributed by atoms with E-state index in [2.05, 4.69) is 20.6 Å². The Morgan fingerprint density at radius 2 is 1.85 bits per heavy atom. The van der Waals surface area contributed by atoms with Crippen molar-refractivity contribution in [2.24, 2.45) is 0 Å². The SMILES string of the molecule is COc1ccc(N(C(=O)Nc2ccc(F)cc2F)c2ccnc(NC(C)C(C)(C)O)n2)cc1. The fourth-order valence-electron chi connectivity index (χ4n) is 2.76. The van der Waals surface area contributed by atoms with Crippen molar-refractivity contribution in [3.05, 3.63) is 66.4 Å². The van der Waals surface area contributed by atoms with Crippen molar-refractivity contribution in [3.8, 4) is 5.75 Å². The number of anilines is 4. The number of hydrogen-bond donors (Lipinski definition) is 3. The van der Waals surface area contributed by atoms with Crippen LogP contribution in [0.1, 0.15) is 20.8 Å². The van der Waals surface area contributed by atoms with E-state index in [0.29, 0.717) is 17.5 Å². The van der Waals surface area contributed by atoms with Crippen LogP contribution in [0.5, 0.6) is 5.75 Å². The number of methoxy groups -OCH3 is 1. The molecule has 2 aromatic carbocycles. The van der Waals surface area contributed by atoms with Gasteiger partial charge in [0.1, 0.15) is 23.2 Å². The second-order valence-corrected chi connectivity index (χ2v) is 7.85. The van der Waals surface area contributed by atoms with Gasteiger partial charge in [0.15, 0.2) is 0 Å². The Morgan fingerprint density at radius 1 is 1.15 bits per heavy atom. The van der Waals surface area contributed by atoms with Gasteiger partial charge in [0.05, 0.1) is 30.1 Å². The van der Waals surface area contributed by atoms with Crippen LogP contribution in [-0.2, 0) is 0 Å². The summed E-state index contributed by atoms with van der Waals surface area (Å²) in [5.41, 5.74) is -0.828. The average Bonchev–Trinajstić information content (AvgIpc) is 2.76. The van der Waals surface area contributed by atoms with Crippen LogP contribution in [0.4, 0.5) is 36.7 Å². The van der Waals surface area contributed by atoms with Crippen LogP contribution in [-0.4, -0.2) is 39.9 Å². The van der Waals surface area contributed by atoms with E-state index in [1.807, 2.05) is 0 Å². The van der Waals surface area contributed by atoms with Gasteiger partial charge >= 0.3 is 6.03 Å². The predicted molar refractivity (Wildman–Crippen MR) is 122 cm³/mol. The summed E-state index contributed by atoms with van der Waals surface area (Å²) < 4.78 is 32.6. The lowest BCUT2D eigenvalue weighted by atomic mass is 10.0. The molecule has 10 heteroatoms. The first-order valence-corrected chi connectivity index (χ1v) is 10.1. The van der Waals surface area contributed by atoms with Crippen molar-refractivity contribution in [1.82, 2.24) is 9.97 Å². The molecule has 3 aromatic rings. The van der Waals surface area contributed by atoms with Gasteiger partial charge in [-0.25, -0.2) is 23.5 Å². The quantitative estimate of drug-likeness (QED) is 0.475. The van der Waals surface area contributed by atoms with Gasteiger partial charge in [0, 0.05) is 18.3 Å². The average molecular weight is 457 g/mol. The summed E-state index contributed by atoms with van der Waals surface area (Å²) in [6, 6.07) is 9.81. The van der Waals surface area contributed by atoms with Crippen molar-refractivity contribution in [2.75, 3.05) is 22.6 Å². The third-order valence-corrected chi connectivity index (χ3v) is 4.98. The zero-order valence-corrected chi connectivity index (χ0v) is 18.6. The van der Waals surface area contributed by atoms with Crippen molar-refractivity contribution >= 4 is 29.2 Å². The van der Waals surface area contributed by atoms with Crippen molar-refractivity contribution < 1.29 is 23.4 Å². The number of rotatable bonds is 7. The summed E-state index contributed by atoms with van der Waals surface area (Å²) in [5, 5.41) is 15.6. The minimum Gasteiger partial charge on any atom is -0.497 e. The van der Waals surface area contributed by atoms with E-state index in [9.17, 15) is 18.7 Å². The first-order chi connectivity index (χ1) is 15.6. The highest BCUT2D eigenvalue weighted by atomic mass is 19.1. The number of carbonyl (C=O) groups excluding carboxylic acids is 1. The molecule has 0 spiro atoms. The molecule has 33 heavy (non-hydrogen) atoms. The first kappa shape index (κ1) is 23.9. The van der Waals surface area contributed by atoms with Crippen LogP contribution in [0.3, 0.4) is 0 Å². The fraction of sp³-hybridized carbons (Fsp3) is 0.261. The van der Waals surface area contributed by atoms with Gasteiger partial charge in [-0.3, -0.25) is 0 Å². The molecule has 0 fully saturated rings. The third kappa shape index (κ3) is 5.92. The molecular weight excluding hydrogens is 432 g/mol. The number of amides is 2. The summed E-state index contributed by atoms with van der Waals surface area (Å²) in [7, 11) is 1.52. The van der Waals surface area contributed by atoms with Gasteiger partial charge in [-0.15, -0.1) is 0 Å². The summed E-state index contributed by atoms with van der Waals surface area (Å²) in [5.74, 6) is -0.734. The molecule has 0 aliphatic rings. The molecule has 1 unspecified atom stereocenters. The monoisotopic (exact) mass is 457 g/mol. The number of aliphatic hydroxyl groups is 1. The highest BCUT2D eigenvalue weighted by Gasteiger charge is 2.25. The number of halogens is 2. The number of hydrogen-bond acceptors (Lipinski definition) is 6. The molecule has 0 saturated carbocycles. The van der Waals surface area contributed by atoms with Crippen molar-refractivity contribution in [1.29, 1.82) is 0 Å². The molecule has 0 bridgehead atoms. The highest BCUT2D eigenvalue weighted by molar-refractivity contribution is 6.06. The maximum atomic E-state index is 14.1. The maximum Gasteiger partial charge on any atom is 0.332 e. The molecule has 2 amide bonds. The van der Waals surface area contributed by atoms with Gasteiger partial charge < -0.3 is 20.5 Å². The van der Waals surface area contributed by atoms with Crippen LogP contribution < -0.4 is 20.3 Å². The lowest BCUT2D eigenvalue weighted by Crippen LogP contribution is -2.40. The van der Waals surface area contributed by atoms with Crippen LogP contribution in [0.2, 0.25) is 0 Å². The largest absolute Gasteiger partial charge is 0.497 e. The van der Waals surface area contributed by atoms with Crippen LogP contribution in [0, 0.1) is 11.6 Å². The molecule has 1 heterocycles. The van der Waals surface area contributed by atoms with E-state index in [0.717, 1.165) is 12.1 Å². The fourth-order valence-corrected chi connectivity index (χ4v) is 2.76. The molecule has 8 nitrogen and oxygen atoms in total. The van der Waals surface area contributed by atoms with Crippen molar-refractivity contribution in [3.63, 3.8) is 0 Å². The molecule has 3 rings (SSSR count). The molecule has 174 valence electrons. The Kier molecular flexibility index (Phi) is 7.07. The summed E-state index contributed by atoms with van der Waals surface area (Å²) in [4.78, 5) is 23.0. The molecule has 3 N–H and O–H groups in total. The Bertz CT molecular complexity index is 1120. The second kappa shape index (κ2) is 9.78. The van der Waals surface area contributed by atoms with Crippen LogP contribution in [0.25, 0.3) is 0 Å². The predicted octanol–water partition coefficient (Wildman–Crippen LogP) is 4.70. The molecule has 0 aliphatic heterocycles. The minimum absolute atomic E-state index is 0.181. The molecular formula is C23H25F2N5O3. The van der Waals surface area contributed by atoms with Crippen LogP contribution in [0.15, 0.2) is 54.7 Å². The van der Waals surface area contributed by atoms with E-state index in [1.54, 1.807) is 45.0 Å². The molecule has 0 aliphatic carbocycles. The lowest BCUT2D eigenvalue weighted by Gasteiger charge is -2.27. The number of aromatic nitrogens is 2. The first-order valence-electron chi connectivity index (χ1n) is 10.1. The summed E-state index contributed by atoms with van der Waals surface area (Å²) in [6.07, 6.45) is 1.45. The summed E-state index contributed by atoms with van der Waals surface area (Å²) >= 11 is 0. The normalized spacial score (nSPS) is 12.1. The topological polar surface area (TPSA) is 99.6 Å². The van der Waals surface area contributed by atoms with Gasteiger partial charge in [-0.1, -0.05) is 0 Å².